The molecule has 0 N–H and O–H groups in total. The van der Waals surface area contributed by atoms with Gasteiger partial charge in [-0.3, -0.25) is 0 Å². The van der Waals surface area contributed by atoms with Crippen molar-refractivity contribution in [1.29, 1.82) is 0 Å². The maximum atomic E-state index is 2.83. The normalized spacial score (nSPS) is 37.0. The third-order valence-corrected chi connectivity index (χ3v) is 18.0. The Hall–Kier alpha value is -4.42. The molecule has 0 spiro atoms. The lowest BCUT2D eigenvalue weighted by Crippen LogP contribution is -2.35. The largest absolute Gasteiger partial charge is 0.0882 e. The number of fused-ring (bicyclic) bond motifs is 5. The minimum Gasteiger partial charge on any atom is -0.0882 e. The molecule has 0 heterocycles. The minimum absolute atomic E-state index is 0.556. The third-order valence-electron chi connectivity index (χ3n) is 18.0. The van der Waals surface area contributed by atoms with E-state index in [1.54, 1.807) is 72.5 Å². The molecule has 0 aromatic rings. The highest BCUT2D eigenvalue weighted by Crippen LogP contribution is 2.59. The van der Waals surface area contributed by atoms with E-state index >= 15 is 0 Å². The fourth-order valence-electron chi connectivity index (χ4n) is 15.0. The van der Waals surface area contributed by atoms with Gasteiger partial charge in [-0.25, -0.2) is 0 Å². The molecule has 0 aromatic carbocycles. The van der Waals surface area contributed by atoms with Crippen LogP contribution in [0.15, 0.2) is 200 Å². The third kappa shape index (κ3) is 6.84. The molecule has 10 atom stereocenters. The molecule has 12 aliphatic carbocycles. The molecule has 62 heavy (non-hydrogen) atoms. The van der Waals surface area contributed by atoms with E-state index in [4.69, 9.17) is 0 Å². The zero-order chi connectivity index (χ0) is 41.3. The molecule has 0 heteroatoms. The maximum absolute atomic E-state index is 2.83. The van der Waals surface area contributed by atoms with Crippen molar-refractivity contribution in [2.24, 2.45) is 59.2 Å². The zero-order valence-electron chi connectivity index (χ0n) is 37.6. The fourth-order valence-corrected chi connectivity index (χ4v) is 15.0. The van der Waals surface area contributed by atoms with Crippen LogP contribution in [0.2, 0.25) is 0 Å². The van der Waals surface area contributed by atoms with Crippen molar-refractivity contribution < 1.29 is 0 Å². The van der Waals surface area contributed by atoms with E-state index in [9.17, 15) is 0 Å². The van der Waals surface area contributed by atoms with Gasteiger partial charge in [-0.2, -0.15) is 0 Å². The quantitative estimate of drug-likeness (QED) is 0.243. The molecule has 0 nitrogen and oxygen atoms in total. The summed E-state index contributed by atoms with van der Waals surface area (Å²) in [5, 5.41) is 0. The van der Waals surface area contributed by atoms with Gasteiger partial charge in [0.05, 0.1) is 0 Å². The Balaban J connectivity index is 0.960. The molecule has 0 fully saturated rings. The average Bonchev–Trinajstić information content (AvgIpc) is 3.33. The summed E-state index contributed by atoms with van der Waals surface area (Å²) in [7, 11) is 0. The highest BCUT2D eigenvalue weighted by atomic mass is 14.5. The van der Waals surface area contributed by atoms with Gasteiger partial charge in [0.1, 0.15) is 0 Å². The molecule has 10 unspecified atom stereocenters. The van der Waals surface area contributed by atoms with Crippen molar-refractivity contribution in [1.82, 2.24) is 0 Å². The summed E-state index contributed by atoms with van der Waals surface area (Å²) in [5.74, 6) is 6.20. The van der Waals surface area contributed by atoms with E-state index in [1.165, 1.54) is 108 Å². The predicted octanol–water partition coefficient (Wildman–Crippen LogP) is 16.2. The first kappa shape index (κ1) is 39.2. The van der Waals surface area contributed by atoms with Crippen molar-refractivity contribution in [2.75, 3.05) is 0 Å². The smallest absolute Gasteiger partial charge is 0.00523 e. The van der Waals surface area contributed by atoms with E-state index in [-0.39, 0.29) is 0 Å². The lowest BCUT2D eigenvalue weighted by atomic mass is 9.57. The number of hydrogen-bond donors (Lipinski definition) is 0. The van der Waals surface area contributed by atoms with E-state index in [1.807, 2.05) is 0 Å². The van der Waals surface area contributed by atoms with Crippen LogP contribution in [-0.2, 0) is 0 Å². The summed E-state index contributed by atoms with van der Waals surface area (Å²) in [5.41, 5.74) is 24.1. The first-order valence-electron chi connectivity index (χ1n) is 25.3. The zero-order valence-corrected chi connectivity index (χ0v) is 37.6. The van der Waals surface area contributed by atoms with Crippen LogP contribution < -0.4 is 0 Å². The van der Waals surface area contributed by atoms with Gasteiger partial charge in [0.15, 0.2) is 0 Å². The lowest BCUT2D eigenvalue weighted by Gasteiger charge is -2.47. The summed E-state index contributed by atoms with van der Waals surface area (Å²) >= 11 is 0. The van der Waals surface area contributed by atoms with E-state index < -0.39 is 0 Å². The van der Waals surface area contributed by atoms with Gasteiger partial charge < -0.3 is 0 Å². The Morgan fingerprint density at radius 1 is 0.452 bits per heavy atom. The Morgan fingerprint density at radius 2 is 1.05 bits per heavy atom. The Kier molecular flexibility index (Phi) is 10.3. The van der Waals surface area contributed by atoms with Gasteiger partial charge in [0, 0.05) is 0 Å². The van der Waals surface area contributed by atoms with Crippen molar-refractivity contribution in [3.8, 4) is 0 Å². The second kappa shape index (κ2) is 16.3. The second-order valence-electron chi connectivity index (χ2n) is 21.4. The molecular formula is C62H68. The molecule has 0 saturated carbocycles. The molecule has 0 radical (unpaired) electrons. The molecule has 0 amide bonds. The molecule has 12 rings (SSSR count). The summed E-state index contributed by atoms with van der Waals surface area (Å²) in [6.45, 7) is 4.80. The molecule has 0 bridgehead atoms. The fraction of sp³-hybridized carbons (Fsp3) is 0.452. The monoisotopic (exact) mass is 813 g/mol. The first-order chi connectivity index (χ1) is 30.6. The topological polar surface area (TPSA) is 0 Å². The minimum atomic E-state index is 0.556. The Bertz CT molecular complexity index is 2480. The van der Waals surface area contributed by atoms with Crippen LogP contribution in [-0.4, -0.2) is 0 Å². The van der Waals surface area contributed by atoms with Gasteiger partial charge in [-0.15, -0.1) is 0 Å². The van der Waals surface area contributed by atoms with E-state index in [0.717, 1.165) is 0 Å². The second-order valence-corrected chi connectivity index (χ2v) is 21.4. The highest BCUT2D eigenvalue weighted by molar-refractivity contribution is 5.65. The lowest BCUT2D eigenvalue weighted by molar-refractivity contribution is 0.274. The molecule has 0 aromatic heterocycles. The van der Waals surface area contributed by atoms with Gasteiger partial charge in [0.2, 0.25) is 0 Å². The number of allylic oxidation sites excluding steroid dienone is 34. The van der Waals surface area contributed by atoms with Crippen LogP contribution in [0.25, 0.3) is 0 Å². The summed E-state index contributed by atoms with van der Waals surface area (Å²) in [6, 6.07) is 0. The Labute approximate surface area is 373 Å². The standard InChI is InChI=1S/C62H68/c1-39-23-27-47-51(41-15-7-3-8-16-41)35-59-49-29-25-45(33-57(49)53(37-61(59)55(47)31-39)43-19-11-5-12-20-43)46-26-30-50-58(34-46)54(44-21-13-6-14-22-44)38-62-56-32-40(2)24-28-48(56)52(36-60(50)62)42-17-9-4-10-18-42/h3-5,7-13,15,17,19,21,23-24,28,31,33-34,40-44,47,51-54H,6,14,16,18,20,22,25-27,29-30,32,35-38H2,1-2H3. The first-order valence-corrected chi connectivity index (χ1v) is 25.3. The molecular weight excluding hydrogens is 745 g/mol. The highest BCUT2D eigenvalue weighted by Gasteiger charge is 2.45. The summed E-state index contributed by atoms with van der Waals surface area (Å²) < 4.78 is 0. The van der Waals surface area contributed by atoms with Crippen molar-refractivity contribution in [3.05, 3.63) is 200 Å². The van der Waals surface area contributed by atoms with Crippen LogP contribution >= 0.6 is 0 Å². The van der Waals surface area contributed by atoms with Crippen LogP contribution in [0, 0.1) is 59.2 Å². The van der Waals surface area contributed by atoms with Gasteiger partial charge in [0.25, 0.3) is 0 Å². The van der Waals surface area contributed by atoms with E-state index in [0.29, 0.717) is 59.2 Å². The maximum Gasteiger partial charge on any atom is -0.00523 e. The molecule has 12 aliphatic rings. The number of hydrogen-bond acceptors (Lipinski definition) is 0. The van der Waals surface area contributed by atoms with Crippen LogP contribution in [0.4, 0.5) is 0 Å². The van der Waals surface area contributed by atoms with Gasteiger partial charge in [-0.05, 0) is 241 Å². The van der Waals surface area contributed by atoms with Crippen molar-refractivity contribution in [2.45, 2.75) is 117 Å². The van der Waals surface area contributed by atoms with E-state index in [2.05, 4.69) is 135 Å². The number of rotatable bonds is 5. The predicted molar refractivity (Wildman–Crippen MR) is 261 cm³/mol. The van der Waals surface area contributed by atoms with Crippen molar-refractivity contribution >= 4 is 0 Å². The molecule has 0 aliphatic heterocycles. The van der Waals surface area contributed by atoms with Crippen LogP contribution in [0.3, 0.4) is 0 Å². The average molecular weight is 813 g/mol. The summed E-state index contributed by atoms with van der Waals surface area (Å²) in [4.78, 5) is 0. The van der Waals surface area contributed by atoms with Gasteiger partial charge in [-0.1, -0.05) is 134 Å². The molecule has 0 saturated heterocycles. The summed E-state index contributed by atoms with van der Waals surface area (Å²) in [6.07, 6.45) is 69.6. The van der Waals surface area contributed by atoms with Crippen molar-refractivity contribution in [3.63, 3.8) is 0 Å². The van der Waals surface area contributed by atoms with Gasteiger partial charge >= 0.3 is 0 Å². The van der Waals surface area contributed by atoms with Crippen LogP contribution in [0.5, 0.6) is 0 Å². The molecule has 316 valence electrons. The SMILES string of the molecule is CC1=CCC2C(=C1)C1=C(CC2C2C=CC=CC2)C2=C(C=C(C3=CC4=C(CC3)C3=C(CC4C4C=CCCC4)C4=C(C=CC(C)C4)C(C4C=CC=CC4)C3)CC2)C(C2C=CC=CC2)C1. The Morgan fingerprint density at radius 3 is 1.68 bits per heavy atom. The van der Waals surface area contributed by atoms with Crippen LogP contribution in [0.1, 0.15) is 117 Å².